The monoisotopic (exact) mass is 590 g/mol. The number of amides is 2. The van der Waals surface area contributed by atoms with E-state index in [0.717, 1.165) is 11.0 Å². The molecule has 0 spiro atoms. The lowest BCUT2D eigenvalue weighted by Gasteiger charge is -2.28. The molecule has 0 radical (unpaired) electrons. The fourth-order valence-corrected chi connectivity index (χ4v) is 4.10. The number of halogens is 6. The number of carbonyl (C=O) groups is 3. The molecule has 0 aromatic heterocycles. The zero-order chi connectivity index (χ0) is 30.8. The molecule has 0 bridgehead atoms. The molecule has 0 fully saturated rings. The van der Waals surface area contributed by atoms with Gasteiger partial charge in [-0.05, 0) is 68.7 Å². The summed E-state index contributed by atoms with van der Waals surface area (Å²) in [6.07, 6.45) is -11.2. The lowest BCUT2D eigenvalue weighted by molar-refractivity contribution is -0.162. The Hall–Kier alpha value is -3.97. The summed E-state index contributed by atoms with van der Waals surface area (Å²) in [7, 11) is 0. The van der Waals surface area contributed by atoms with Crippen LogP contribution in [0, 0.1) is 0 Å². The van der Waals surface area contributed by atoms with Crippen LogP contribution in [0.25, 0.3) is 0 Å². The lowest BCUT2D eigenvalue weighted by atomic mass is 10.0. The van der Waals surface area contributed by atoms with Crippen molar-refractivity contribution in [3.05, 3.63) is 58.7 Å². The number of alkyl halides is 6. The fraction of sp³-hybridized carbons (Fsp3) is 0.444. The smallest absolute Gasteiger partial charge is 0.417 e. The summed E-state index contributed by atoms with van der Waals surface area (Å²) in [5.74, 6) is -1.42. The van der Waals surface area contributed by atoms with Crippen LogP contribution in [-0.4, -0.2) is 53.2 Å². The van der Waals surface area contributed by atoms with Crippen LogP contribution >= 0.6 is 0 Å². The summed E-state index contributed by atoms with van der Waals surface area (Å²) >= 11 is 0. The summed E-state index contributed by atoms with van der Waals surface area (Å²) in [5.41, 5.74) is -3.42. The summed E-state index contributed by atoms with van der Waals surface area (Å²) < 4.78 is 89.5. The van der Waals surface area contributed by atoms with E-state index in [0.29, 0.717) is 29.8 Å². The van der Waals surface area contributed by atoms with Gasteiger partial charge in [0.1, 0.15) is 24.5 Å². The molecule has 2 aromatic carbocycles. The van der Waals surface area contributed by atoms with Crippen LogP contribution in [0.1, 0.15) is 49.4 Å². The van der Waals surface area contributed by atoms with E-state index in [2.05, 4.69) is 0 Å². The minimum absolute atomic E-state index is 0.119. The molecule has 0 saturated carbocycles. The van der Waals surface area contributed by atoms with Crippen molar-refractivity contribution in [2.75, 3.05) is 24.5 Å². The van der Waals surface area contributed by atoms with Gasteiger partial charge in [-0.25, -0.2) is 4.79 Å². The highest BCUT2D eigenvalue weighted by Crippen LogP contribution is 2.41. The number of anilines is 1. The van der Waals surface area contributed by atoms with Crippen LogP contribution in [0.3, 0.4) is 0 Å². The second kappa shape index (κ2) is 11.9. The molecule has 14 heteroatoms. The molecule has 2 aromatic rings. The second-order valence-corrected chi connectivity index (χ2v) is 10.3. The molecular formula is C27H28F6N2O6. The van der Waals surface area contributed by atoms with E-state index < -0.39 is 66.6 Å². The van der Waals surface area contributed by atoms with E-state index in [1.165, 1.54) is 11.0 Å². The Bertz CT molecular complexity index is 1300. The van der Waals surface area contributed by atoms with Crippen LogP contribution < -0.4 is 9.64 Å². The first-order valence-electron chi connectivity index (χ1n) is 12.4. The summed E-state index contributed by atoms with van der Waals surface area (Å²) in [6.45, 7) is 4.02. The van der Waals surface area contributed by atoms with Gasteiger partial charge in [-0.3, -0.25) is 14.5 Å². The number of benzene rings is 2. The quantitative estimate of drug-likeness (QED) is 0.385. The SMILES string of the molecule is CC(C)(C)OC(=O)N(CCC(=O)O)CC(=O)N1CCc2cc(OCc3ccc(C(F)(F)F)c(C(F)(F)F)c3)ccc21. The number of carboxylic acids is 1. The molecule has 1 aliphatic heterocycles. The summed E-state index contributed by atoms with van der Waals surface area (Å²) in [4.78, 5) is 39.1. The van der Waals surface area contributed by atoms with Gasteiger partial charge in [-0.2, -0.15) is 26.3 Å². The van der Waals surface area contributed by atoms with E-state index in [9.17, 15) is 40.7 Å². The van der Waals surface area contributed by atoms with Crippen LogP contribution in [0.4, 0.5) is 36.8 Å². The number of carboxylic acid groups (broad SMARTS) is 1. The normalized spacial score (nSPS) is 13.5. The first-order chi connectivity index (χ1) is 18.8. The zero-order valence-electron chi connectivity index (χ0n) is 22.4. The van der Waals surface area contributed by atoms with Crippen LogP contribution in [0.15, 0.2) is 36.4 Å². The minimum atomic E-state index is -5.21. The van der Waals surface area contributed by atoms with E-state index in [1.54, 1.807) is 32.9 Å². The Morgan fingerprint density at radius 3 is 2.20 bits per heavy atom. The molecule has 1 aliphatic rings. The molecule has 41 heavy (non-hydrogen) atoms. The van der Waals surface area contributed by atoms with E-state index in [1.807, 2.05) is 0 Å². The van der Waals surface area contributed by atoms with Crippen molar-refractivity contribution in [2.24, 2.45) is 0 Å². The van der Waals surface area contributed by atoms with E-state index >= 15 is 0 Å². The Balaban J connectivity index is 1.71. The predicted molar refractivity (Wildman–Crippen MR) is 133 cm³/mol. The third kappa shape index (κ3) is 8.51. The van der Waals surface area contributed by atoms with Crippen LogP contribution in [0.2, 0.25) is 0 Å². The van der Waals surface area contributed by atoms with Gasteiger partial charge in [-0.15, -0.1) is 0 Å². The standard InChI is InChI=1S/C27H28F6N2O6/c1-25(2,3)41-24(39)34(10-9-23(37)38)14-22(36)35-11-8-17-13-18(5-7-21(17)35)40-15-16-4-6-19(26(28,29)30)20(12-16)27(31,32)33/h4-7,12-13H,8-11,14-15H2,1-3H3,(H,37,38). The van der Waals surface area contributed by atoms with Gasteiger partial charge in [-0.1, -0.05) is 6.07 Å². The van der Waals surface area contributed by atoms with Crippen molar-refractivity contribution < 1.29 is 55.3 Å². The number of hydrogen-bond donors (Lipinski definition) is 1. The van der Waals surface area contributed by atoms with Gasteiger partial charge in [0, 0.05) is 18.8 Å². The molecular weight excluding hydrogens is 562 g/mol. The maximum Gasteiger partial charge on any atom is 0.417 e. The van der Waals surface area contributed by atoms with Gasteiger partial charge in [0.05, 0.1) is 17.5 Å². The highest BCUT2D eigenvalue weighted by Gasteiger charge is 2.43. The molecule has 1 heterocycles. The van der Waals surface area contributed by atoms with Crippen molar-refractivity contribution in [3.63, 3.8) is 0 Å². The van der Waals surface area contributed by atoms with Gasteiger partial charge in [0.2, 0.25) is 5.91 Å². The average molecular weight is 591 g/mol. The Kier molecular flexibility index (Phi) is 9.14. The third-order valence-electron chi connectivity index (χ3n) is 5.92. The maximum atomic E-state index is 13.2. The predicted octanol–water partition coefficient (Wildman–Crippen LogP) is 5.90. The highest BCUT2D eigenvalue weighted by molar-refractivity contribution is 5.98. The molecule has 2 amide bonds. The number of ether oxygens (including phenoxy) is 2. The largest absolute Gasteiger partial charge is 0.489 e. The molecule has 1 N–H and O–H groups in total. The van der Waals surface area contributed by atoms with Crippen molar-refractivity contribution in [3.8, 4) is 5.75 Å². The first kappa shape index (κ1) is 31.6. The van der Waals surface area contributed by atoms with Crippen molar-refractivity contribution in [2.45, 2.75) is 58.2 Å². The minimum Gasteiger partial charge on any atom is -0.489 e. The second-order valence-electron chi connectivity index (χ2n) is 10.3. The topological polar surface area (TPSA) is 96.4 Å². The Morgan fingerprint density at radius 1 is 0.951 bits per heavy atom. The van der Waals surface area contributed by atoms with Crippen LogP contribution in [-0.2, 0) is 39.7 Å². The molecule has 8 nitrogen and oxygen atoms in total. The third-order valence-corrected chi connectivity index (χ3v) is 5.92. The number of hydrogen-bond acceptors (Lipinski definition) is 5. The Morgan fingerprint density at radius 2 is 1.61 bits per heavy atom. The number of nitrogens with zero attached hydrogens (tertiary/aromatic N) is 2. The van der Waals surface area contributed by atoms with Gasteiger partial charge >= 0.3 is 24.4 Å². The number of fused-ring (bicyclic) bond motifs is 1. The number of carbonyl (C=O) groups excluding carboxylic acids is 2. The molecule has 0 saturated heterocycles. The number of aliphatic carboxylic acids is 1. The van der Waals surface area contributed by atoms with Crippen molar-refractivity contribution in [1.29, 1.82) is 0 Å². The Labute approximate surface area is 231 Å². The first-order valence-corrected chi connectivity index (χ1v) is 12.4. The zero-order valence-corrected chi connectivity index (χ0v) is 22.4. The average Bonchev–Trinajstić information content (AvgIpc) is 3.26. The molecule has 3 rings (SSSR count). The van der Waals surface area contributed by atoms with Crippen LogP contribution in [0.5, 0.6) is 5.75 Å². The number of rotatable bonds is 8. The maximum absolute atomic E-state index is 13.2. The molecule has 224 valence electrons. The van der Waals surface area contributed by atoms with Crippen molar-refractivity contribution >= 4 is 23.7 Å². The summed E-state index contributed by atoms with van der Waals surface area (Å²) in [6, 6.07) is 6.23. The van der Waals surface area contributed by atoms with Gasteiger partial charge < -0.3 is 19.5 Å². The lowest BCUT2D eigenvalue weighted by Crippen LogP contribution is -2.45. The molecule has 0 unspecified atom stereocenters. The van der Waals surface area contributed by atoms with E-state index in [4.69, 9.17) is 14.6 Å². The van der Waals surface area contributed by atoms with E-state index in [-0.39, 0.29) is 24.4 Å². The summed E-state index contributed by atoms with van der Waals surface area (Å²) in [5, 5.41) is 9.01. The van der Waals surface area contributed by atoms with Crippen molar-refractivity contribution in [1.82, 2.24) is 4.90 Å². The van der Waals surface area contributed by atoms with Gasteiger partial charge in [0.25, 0.3) is 0 Å². The molecule has 0 atom stereocenters. The fourth-order valence-electron chi connectivity index (χ4n) is 4.10. The molecule has 0 aliphatic carbocycles. The van der Waals surface area contributed by atoms with Gasteiger partial charge in [0.15, 0.2) is 0 Å². The highest BCUT2D eigenvalue weighted by atomic mass is 19.4.